The third-order valence-electron chi connectivity index (χ3n) is 10.1. The van der Waals surface area contributed by atoms with E-state index in [1.807, 2.05) is 56.3 Å². The van der Waals surface area contributed by atoms with E-state index in [1.165, 1.54) is 18.2 Å². The fourth-order valence-corrected chi connectivity index (χ4v) is 7.15. The maximum atomic E-state index is 13.4. The van der Waals surface area contributed by atoms with Crippen LogP contribution in [0.4, 0.5) is 37.7 Å². The van der Waals surface area contributed by atoms with Crippen LogP contribution < -0.4 is 15.4 Å². The van der Waals surface area contributed by atoms with Gasteiger partial charge >= 0.3 is 22.0 Å². The molecule has 2 heterocycles. The number of phenols is 2. The Labute approximate surface area is 385 Å². The zero-order valence-corrected chi connectivity index (χ0v) is 36.2. The van der Waals surface area contributed by atoms with Crippen molar-refractivity contribution in [2.24, 2.45) is 0 Å². The smallest absolute Gasteiger partial charge is 0.508 e. The molecule has 2 atom stereocenters. The van der Waals surface area contributed by atoms with Crippen LogP contribution in [0.3, 0.4) is 0 Å². The largest absolute Gasteiger partial charge is 0.573 e. The van der Waals surface area contributed by atoms with Crippen molar-refractivity contribution in [3.05, 3.63) is 182 Å². The van der Waals surface area contributed by atoms with Gasteiger partial charge in [0, 0.05) is 21.2 Å². The predicted molar refractivity (Wildman–Crippen MR) is 237 cm³/mol. The molecule has 0 bridgehead atoms. The number of benzene rings is 6. The summed E-state index contributed by atoms with van der Waals surface area (Å²) in [7, 11) is -5.84. The topological polar surface area (TPSA) is 182 Å². The molecule has 350 valence electrons. The van der Waals surface area contributed by atoms with Crippen molar-refractivity contribution < 1.29 is 69.0 Å². The summed E-state index contributed by atoms with van der Waals surface area (Å²) in [6.45, 7) is 5.61. The van der Waals surface area contributed by atoms with Crippen LogP contribution in [0.2, 0.25) is 10.0 Å². The first-order chi connectivity index (χ1) is 30.2. The lowest BCUT2D eigenvalue weighted by molar-refractivity contribution is -0.274. The number of phenolic OH excluding ortho intramolecular Hbond substituents is 2. The Morgan fingerprint density at radius 3 is 1.44 bits per heavy atom. The third kappa shape index (κ3) is 11.0. The first-order valence-electron chi connectivity index (χ1n) is 18.7. The van der Waals surface area contributed by atoms with Crippen LogP contribution >= 0.6 is 23.2 Å². The van der Waals surface area contributed by atoms with E-state index in [2.05, 4.69) is 15.4 Å². The molecule has 20 heteroatoms. The van der Waals surface area contributed by atoms with Crippen molar-refractivity contribution in [2.75, 3.05) is 10.6 Å². The van der Waals surface area contributed by atoms with Crippen molar-refractivity contribution in [1.82, 2.24) is 0 Å². The number of carbonyl (C=O) groups is 2. The average molecular weight is 982 g/mol. The lowest BCUT2D eigenvalue weighted by atomic mass is 9.70. The van der Waals surface area contributed by atoms with E-state index < -0.39 is 44.7 Å². The van der Waals surface area contributed by atoms with Gasteiger partial charge < -0.3 is 30.7 Å². The molecule has 0 saturated heterocycles. The number of amides is 2. The standard InChI is InChI=1S/C22H18ClNO2.C16H11ClF3NO3.C6H6O.CHF3O3S.CH4/c1-13-3-5-15(6-4-13)22(16-7-9-17(25)10-8-16)18-11-12-19(23)14(2)20(18)24-21(22)26;1-8-12(17)7-6-11-13(8)21-14(22)15(11,23)9-2-4-10(5-3-9)24-16(18,19)20;7-6-4-2-1-3-5-6;2-1(3,4)8(5,6)7;/h3-12,25H,1-2H3,(H,24,26);2-7,23H,1H3,(H,21,22);1-5,7H;(H,5,6,7);1H4. The van der Waals surface area contributed by atoms with Crippen molar-refractivity contribution >= 4 is 56.5 Å². The van der Waals surface area contributed by atoms with Gasteiger partial charge in [0.15, 0.2) is 5.60 Å². The molecule has 2 aliphatic rings. The maximum Gasteiger partial charge on any atom is 0.573 e. The quantitative estimate of drug-likeness (QED) is 0.0569. The van der Waals surface area contributed by atoms with Gasteiger partial charge in [-0.1, -0.05) is 115 Å². The van der Waals surface area contributed by atoms with Crippen molar-refractivity contribution in [3.63, 3.8) is 0 Å². The Bertz CT molecular complexity index is 2770. The molecule has 0 saturated carbocycles. The molecule has 2 aliphatic heterocycles. The zero-order valence-electron chi connectivity index (χ0n) is 33.9. The fourth-order valence-electron chi connectivity index (χ4n) is 6.83. The van der Waals surface area contributed by atoms with Gasteiger partial charge in [0.25, 0.3) is 5.91 Å². The van der Waals surface area contributed by atoms with Crippen LogP contribution in [0.25, 0.3) is 0 Å². The summed E-state index contributed by atoms with van der Waals surface area (Å²) in [5, 5.41) is 35.9. The number of aryl methyl sites for hydroxylation is 1. The average Bonchev–Trinajstić information content (AvgIpc) is 3.68. The summed E-state index contributed by atoms with van der Waals surface area (Å²) in [6, 6.07) is 34.8. The van der Waals surface area contributed by atoms with E-state index in [0.717, 1.165) is 45.6 Å². The van der Waals surface area contributed by atoms with Crippen LogP contribution in [0.1, 0.15) is 51.9 Å². The molecule has 8 rings (SSSR count). The molecule has 0 aliphatic carbocycles. The van der Waals surface area contributed by atoms with E-state index in [4.69, 9.17) is 41.3 Å². The molecule has 2 amide bonds. The number of fused-ring (bicyclic) bond motifs is 2. The highest BCUT2D eigenvalue weighted by Gasteiger charge is 2.51. The number of aliphatic hydroxyl groups is 1. The molecule has 66 heavy (non-hydrogen) atoms. The minimum absolute atomic E-state index is 0. The van der Waals surface area contributed by atoms with E-state index in [1.54, 1.807) is 61.5 Å². The number of hydrogen-bond donors (Lipinski definition) is 6. The number of ether oxygens (including phenoxy) is 1. The summed E-state index contributed by atoms with van der Waals surface area (Å²) in [6.07, 6.45) is -4.82. The number of alkyl halides is 6. The SMILES string of the molecule is C.Cc1c(Cl)ccc2c1NC(=O)C2(O)c1ccc(OC(F)(F)F)cc1.Cc1ccc(C2(c3ccc(O)cc3)C(=O)Nc3c2ccc(Cl)c3C)cc1.O=S(=O)(O)C(F)(F)F.Oc1ccccc1. The van der Waals surface area contributed by atoms with Crippen LogP contribution in [0.15, 0.2) is 127 Å². The molecule has 0 aromatic heterocycles. The van der Waals surface area contributed by atoms with E-state index in [-0.39, 0.29) is 24.6 Å². The number of aromatic hydroxyl groups is 2. The van der Waals surface area contributed by atoms with Gasteiger partial charge in [-0.05, 0) is 97.1 Å². The van der Waals surface area contributed by atoms with Gasteiger partial charge in [0.2, 0.25) is 5.91 Å². The van der Waals surface area contributed by atoms with Crippen molar-refractivity contribution in [1.29, 1.82) is 0 Å². The van der Waals surface area contributed by atoms with Gasteiger partial charge in [-0.2, -0.15) is 21.6 Å². The molecule has 6 aromatic rings. The molecule has 2 unspecified atom stereocenters. The number of halogens is 8. The lowest BCUT2D eigenvalue weighted by Crippen LogP contribution is -2.37. The van der Waals surface area contributed by atoms with Gasteiger partial charge in [0.1, 0.15) is 22.7 Å². The van der Waals surface area contributed by atoms with E-state index >= 15 is 0 Å². The van der Waals surface area contributed by atoms with Crippen LogP contribution in [0.5, 0.6) is 17.2 Å². The normalized spacial score (nSPS) is 17.1. The van der Waals surface area contributed by atoms with Gasteiger partial charge in [-0.3, -0.25) is 14.1 Å². The summed E-state index contributed by atoms with van der Waals surface area (Å²) >= 11 is 12.3. The second-order valence-electron chi connectivity index (χ2n) is 14.3. The summed E-state index contributed by atoms with van der Waals surface area (Å²) in [5.74, 6) is -0.776. The monoisotopic (exact) mass is 980 g/mol. The van der Waals surface area contributed by atoms with Crippen LogP contribution in [-0.2, 0) is 30.7 Å². The second-order valence-corrected chi connectivity index (χ2v) is 16.5. The first kappa shape index (κ1) is 52.3. The van der Waals surface area contributed by atoms with Crippen molar-refractivity contribution in [3.8, 4) is 17.2 Å². The van der Waals surface area contributed by atoms with Crippen molar-refractivity contribution in [2.45, 2.75) is 51.1 Å². The van der Waals surface area contributed by atoms with Crippen LogP contribution in [-0.4, -0.2) is 52.0 Å². The molecule has 0 spiro atoms. The minimum atomic E-state index is -5.84. The molecule has 6 N–H and O–H groups in total. The molecule has 11 nitrogen and oxygen atoms in total. The lowest BCUT2D eigenvalue weighted by Gasteiger charge is -2.29. The maximum absolute atomic E-state index is 13.4. The summed E-state index contributed by atoms with van der Waals surface area (Å²) in [4.78, 5) is 25.7. The van der Waals surface area contributed by atoms with Gasteiger partial charge in [-0.15, -0.1) is 13.2 Å². The van der Waals surface area contributed by atoms with E-state index in [9.17, 15) is 46.1 Å². The number of rotatable bonds is 4. The summed E-state index contributed by atoms with van der Waals surface area (Å²) in [5.41, 5.74) is -1.83. The number of para-hydroxylation sites is 1. The van der Waals surface area contributed by atoms with Crippen LogP contribution in [0, 0.1) is 20.8 Å². The Balaban J connectivity index is 0.000000219. The Morgan fingerprint density at radius 2 is 1.00 bits per heavy atom. The second kappa shape index (κ2) is 20.1. The number of hydrogen-bond acceptors (Lipinski definition) is 8. The highest BCUT2D eigenvalue weighted by atomic mass is 35.5. The minimum Gasteiger partial charge on any atom is -0.508 e. The first-order valence-corrected chi connectivity index (χ1v) is 20.9. The summed E-state index contributed by atoms with van der Waals surface area (Å²) < 4.78 is 98.0. The third-order valence-corrected chi connectivity index (χ3v) is 11.5. The molecular weight excluding hydrogens is 941 g/mol. The fraction of sp³-hybridized carbons (Fsp3) is 0.174. The number of anilines is 2. The molecular formula is C46H40Cl2F6N2O9S. The number of carbonyl (C=O) groups excluding carboxylic acids is 2. The van der Waals surface area contributed by atoms with E-state index in [0.29, 0.717) is 32.6 Å². The Kier molecular flexibility index (Phi) is 15.9. The highest BCUT2D eigenvalue weighted by Crippen LogP contribution is 2.50. The van der Waals surface area contributed by atoms with Gasteiger partial charge in [0.05, 0.1) is 11.4 Å². The highest BCUT2D eigenvalue weighted by molar-refractivity contribution is 7.86. The predicted octanol–water partition coefficient (Wildman–Crippen LogP) is 11.1. The molecule has 0 fully saturated rings. The Hall–Kier alpha value is -6.31. The number of nitrogens with one attached hydrogen (secondary N) is 2. The van der Waals surface area contributed by atoms with Gasteiger partial charge in [-0.25, -0.2) is 0 Å². The Morgan fingerprint density at radius 1 is 0.591 bits per heavy atom. The zero-order chi connectivity index (χ0) is 48.3. The molecule has 6 aromatic carbocycles. The molecule has 0 radical (unpaired) electrons.